The molecule has 0 radical (unpaired) electrons. The van der Waals surface area contributed by atoms with Crippen LogP contribution < -0.4 is 11.1 Å². The van der Waals surface area contributed by atoms with Gasteiger partial charge in [0.1, 0.15) is 0 Å². The number of halogens is 2. The van der Waals surface area contributed by atoms with E-state index in [1.165, 1.54) is 0 Å². The third-order valence-electron chi connectivity index (χ3n) is 3.30. The molecule has 7 nitrogen and oxygen atoms in total. The lowest BCUT2D eigenvalue weighted by molar-refractivity contribution is 0.102. The second-order valence-corrected chi connectivity index (χ2v) is 4.86. The van der Waals surface area contributed by atoms with Gasteiger partial charge in [-0.25, -0.2) is 4.98 Å². The molecular formula is C15H19Cl2N5O2. The molecule has 1 amide bonds. The highest BCUT2D eigenvalue weighted by molar-refractivity contribution is 6.08. The summed E-state index contributed by atoms with van der Waals surface area (Å²) in [5.74, 6) is -0.181. The maximum atomic E-state index is 12.3. The number of nitrogens with two attached hydrogens (primary N) is 1. The molecule has 2 heterocycles. The summed E-state index contributed by atoms with van der Waals surface area (Å²) in [6.07, 6.45) is 3.26. The summed E-state index contributed by atoms with van der Waals surface area (Å²) >= 11 is 0. The Morgan fingerprint density at radius 2 is 1.88 bits per heavy atom. The van der Waals surface area contributed by atoms with Crippen molar-refractivity contribution in [3.8, 4) is 0 Å². The number of hydrogen-bond acceptors (Lipinski definition) is 4. The normalized spacial score (nSPS) is 10.8. The Morgan fingerprint density at radius 3 is 2.50 bits per heavy atom. The molecule has 0 bridgehead atoms. The van der Waals surface area contributed by atoms with E-state index >= 15 is 0 Å². The zero-order valence-electron chi connectivity index (χ0n) is 12.8. The lowest BCUT2D eigenvalue weighted by atomic mass is 10.1. The minimum atomic E-state index is -0.181. The van der Waals surface area contributed by atoms with Crippen LogP contribution in [0.25, 0.3) is 11.0 Å². The number of carbonyl (C=O) groups is 1. The summed E-state index contributed by atoms with van der Waals surface area (Å²) in [5, 5.41) is 10.3. The average molecular weight is 372 g/mol. The third-order valence-corrected chi connectivity index (χ3v) is 3.30. The number of benzene rings is 1. The fourth-order valence-corrected chi connectivity index (χ4v) is 2.09. The topological polar surface area (TPSA) is 128 Å². The first-order valence-corrected chi connectivity index (χ1v) is 6.60. The number of amides is 1. The number of nitrogens with zero attached hydrogens (tertiary/aromatic N) is 2. The van der Waals surface area contributed by atoms with Crippen molar-refractivity contribution in [2.24, 2.45) is 5.73 Å². The van der Waals surface area contributed by atoms with Gasteiger partial charge in [0.25, 0.3) is 5.91 Å². The number of aromatic amines is 1. The van der Waals surface area contributed by atoms with Crippen molar-refractivity contribution in [2.75, 3.05) is 5.32 Å². The molecule has 1 aromatic carbocycles. The first kappa shape index (κ1) is 21.8. The summed E-state index contributed by atoms with van der Waals surface area (Å²) in [4.78, 5) is 16.4. The fourth-order valence-electron chi connectivity index (χ4n) is 2.09. The quantitative estimate of drug-likeness (QED) is 0.651. The van der Waals surface area contributed by atoms with Gasteiger partial charge in [0, 0.05) is 17.8 Å². The van der Waals surface area contributed by atoms with Crippen molar-refractivity contribution in [3.63, 3.8) is 0 Å². The molecule has 3 rings (SSSR count). The maximum absolute atomic E-state index is 12.3. The number of pyridine rings is 1. The van der Waals surface area contributed by atoms with E-state index in [4.69, 9.17) is 5.73 Å². The van der Waals surface area contributed by atoms with Crippen LogP contribution in [-0.4, -0.2) is 26.6 Å². The van der Waals surface area contributed by atoms with E-state index in [1.807, 2.05) is 19.1 Å². The minimum Gasteiger partial charge on any atom is -0.412 e. The first-order chi connectivity index (χ1) is 10.1. The largest absolute Gasteiger partial charge is 0.412 e. The van der Waals surface area contributed by atoms with Gasteiger partial charge in [0.2, 0.25) is 0 Å². The van der Waals surface area contributed by atoms with E-state index in [2.05, 4.69) is 20.5 Å². The van der Waals surface area contributed by atoms with Crippen molar-refractivity contribution in [1.82, 2.24) is 15.2 Å². The van der Waals surface area contributed by atoms with Crippen LogP contribution in [-0.2, 0) is 0 Å². The summed E-state index contributed by atoms with van der Waals surface area (Å²) in [5.41, 5.74) is 8.68. The molecule has 130 valence electrons. The fraction of sp³-hybridized carbons (Fsp3) is 0.133. The van der Waals surface area contributed by atoms with Crippen LogP contribution in [0.3, 0.4) is 0 Å². The van der Waals surface area contributed by atoms with E-state index < -0.39 is 0 Å². The number of anilines is 1. The van der Waals surface area contributed by atoms with Gasteiger partial charge in [-0.05, 0) is 30.7 Å². The molecule has 24 heavy (non-hydrogen) atoms. The molecule has 0 saturated carbocycles. The monoisotopic (exact) mass is 371 g/mol. The van der Waals surface area contributed by atoms with Crippen molar-refractivity contribution < 1.29 is 10.3 Å². The molecule has 0 spiro atoms. The average Bonchev–Trinajstić information content (AvgIpc) is 2.97. The number of fused-ring (bicyclic) bond motifs is 1. The summed E-state index contributed by atoms with van der Waals surface area (Å²) in [6, 6.07) is 8.95. The molecular weight excluding hydrogens is 353 g/mol. The van der Waals surface area contributed by atoms with E-state index in [1.54, 1.807) is 30.6 Å². The van der Waals surface area contributed by atoms with Gasteiger partial charge in [-0.1, -0.05) is 12.1 Å². The van der Waals surface area contributed by atoms with Crippen molar-refractivity contribution >= 4 is 47.4 Å². The van der Waals surface area contributed by atoms with Crippen LogP contribution in [0.5, 0.6) is 0 Å². The van der Waals surface area contributed by atoms with Crippen LogP contribution in [0.1, 0.15) is 28.9 Å². The molecule has 0 aliphatic carbocycles. The van der Waals surface area contributed by atoms with Gasteiger partial charge >= 0.3 is 0 Å². The van der Waals surface area contributed by atoms with E-state index in [0.29, 0.717) is 16.9 Å². The van der Waals surface area contributed by atoms with Gasteiger partial charge < -0.3 is 16.5 Å². The molecule has 6 N–H and O–H groups in total. The zero-order valence-corrected chi connectivity index (χ0v) is 14.4. The Labute approximate surface area is 151 Å². The number of nitrogens with one attached hydrogen (secondary N) is 2. The van der Waals surface area contributed by atoms with Crippen LogP contribution in [0.15, 0.2) is 42.7 Å². The second-order valence-electron chi connectivity index (χ2n) is 4.86. The minimum absolute atomic E-state index is 0. The molecule has 2 aromatic heterocycles. The summed E-state index contributed by atoms with van der Waals surface area (Å²) in [6.45, 7) is 1.90. The van der Waals surface area contributed by atoms with Crippen molar-refractivity contribution in [1.29, 1.82) is 0 Å². The van der Waals surface area contributed by atoms with Crippen LogP contribution >= 0.6 is 24.8 Å². The molecule has 0 unspecified atom stereocenters. The van der Waals surface area contributed by atoms with Crippen LogP contribution in [0, 0.1) is 0 Å². The molecule has 0 saturated heterocycles. The highest BCUT2D eigenvalue weighted by atomic mass is 35.5. The standard InChI is InChI=1S/C15H15N5O.2ClH.H2O/c1-9(16)10-2-4-11(5-3-10)15(21)19-13-6-7-17-14-12(13)8-18-20-14;;;/h2-9H,16H2,1H3,(H2,17,18,19,20,21);2*1H;1H2/t9-;;;/m1.../s1. The number of rotatable bonds is 3. The predicted molar refractivity (Wildman–Crippen MR) is 99.0 cm³/mol. The number of hydrogen-bond donors (Lipinski definition) is 3. The Hall–Kier alpha value is -2.19. The number of carbonyl (C=O) groups excluding carboxylic acids is 1. The van der Waals surface area contributed by atoms with Gasteiger partial charge in [0.05, 0.1) is 17.3 Å². The molecule has 3 aromatic rings. The number of H-pyrrole nitrogens is 1. The van der Waals surface area contributed by atoms with Gasteiger partial charge in [-0.3, -0.25) is 9.89 Å². The number of aromatic nitrogens is 3. The second kappa shape index (κ2) is 9.19. The van der Waals surface area contributed by atoms with Gasteiger partial charge in [0.15, 0.2) is 5.65 Å². The van der Waals surface area contributed by atoms with Crippen LogP contribution in [0.2, 0.25) is 0 Å². The molecule has 0 aliphatic heterocycles. The predicted octanol–water partition coefficient (Wildman–Crippen LogP) is 2.25. The lowest BCUT2D eigenvalue weighted by Gasteiger charge is -2.08. The van der Waals surface area contributed by atoms with Crippen molar-refractivity contribution in [3.05, 3.63) is 53.9 Å². The van der Waals surface area contributed by atoms with Gasteiger partial charge in [-0.15, -0.1) is 24.8 Å². The molecule has 9 heteroatoms. The highest BCUT2D eigenvalue weighted by Crippen LogP contribution is 2.20. The van der Waals surface area contributed by atoms with Crippen LogP contribution in [0.4, 0.5) is 5.69 Å². The molecule has 1 atom stereocenters. The van der Waals surface area contributed by atoms with Crippen molar-refractivity contribution in [2.45, 2.75) is 13.0 Å². The molecule has 0 fully saturated rings. The maximum Gasteiger partial charge on any atom is 0.255 e. The third kappa shape index (κ3) is 4.42. The SMILES string of the molecule is C[C@@H](N)c1ccc(C(=O)Nc2ccnc3[nH]ncc23)cc1.Cl.Cl.O. The highest BCUT2D eigenvalue weighted by Gasteiger charge is 2.10. The van der Waals surface area contributed by atoms with E-state index in [9.17, 15) is 4.79 Å². The zero-order chi connectivity index (χ0) is 14.8. The Kier molecular flexibility index (Phi) is 8.35. The van der Waals surface area contributed by atoms with Gasteiger partial charge in [-0.2, -0.15) is 5.10 Å². The van der Waals surface area contributed by atoms with E-state index in [0.717, 1.165) is 10.9 Å². The molecule has 0 aliphatic rings. The van der Waals surface area contributed by atoms with E-state index in [-0.39, 0.29) is 42.2 Å². The Balaban J connectivity index is 0.00000176. The summed E-state index contributed by atoms with van der Waals surface area (Å²) in [7, 11) is 0. The Morgan fingerprint density at radius 1 is 1.21 bits per heavy atom. The first-order valence-electron chi connectivity index (χ1n) is 6.60. The lowest BCUT2D eigenvalue weighted by Crippen LogP contribution is -2.12. The summed E-state index contributed by atoms with van der Waals surface area (Å²) < 4.78 is 0. The Bertz CT molecular complexity index is 790. The smallest absolute Gasteiger partial charge is 0.255 e.